The van der Waals surface area contributed by atoms with Gasteiger partial charge in [0, 0.05) is 24.0 Å². The first-order chi connectivity index (χ1) is 18.4. The van der Waals surface area contributed by atoms with Crippen LogP contribution in [0.3, 0.4) is 0 Å². The summed E-state index contributed by atoms with van der Waals surface area (Å²) in [6.45, 7) is 5.16. The molecule has 0 spiro atoms. The van der Waals surface area contributed by atoms with E-state index in [1.807, 2.05) is 75.4 Å². The monoisotopic (exact) mass is 589 g/mol. The number of nitrogens with one attached hydrogen (secondary N) is 1. The van der Waals surface area contributed by atoms with E-state index in [-0.39, 0.29) is 40.6 Å². The Morgan fingerprint density at radius 3 is 2.21 bits per heavy atom. The van der Waals surface area contributed by atoms with Gasteiger partial charge in [-0.05, 0) is 55.7 Å². The minimum atomic E-state index is -3.95. The van der Waals surface area contributed by atoms with Crippen LogP contribution in [0.5, 0.6) is 0 Å². The number of sulfonamides is 1. The van der Waals surface area contributed by atoms with E-state index in [4.69, 9.17) is 23.2 Å². The Morgan fingerprint density at radius 2 is 1.59 bits per heavy atom. The van der Waals surface area contributed by atoms with Crippen molar-refractivity contribution < 1.29 is 18.0 Å². The van der Waals surface area contributed by atoms with Crippen LogP contribution in [0.2, 0.25) is 10.0 Å². The summed E-state index contributed by atoms with van der Waals surface area (Å²) in [4.78, 5) is 29.1. The zero-order valence-electron chi connectivity index (χ0n) is 22.4. The lowest BCUT2D eigenvalue weighted by Gasteiger charge is -2.34. The van der Waals surface area contributed by atoms with Gasteiger partial charge in [-0.15, -0.1) is 0 Å². The zero-order valence-corrected chi connectivity index (χ0v) is 24.7. The number of halogens is 2. The molecule has 0 heterocycles. The summed E-state index contributed by atoms with van der Waals surface area (Å²) in [6, 6.07) is 20.3. The first-order valence-corrected chi connectivity index (χ1v) is 15.1. The Balaban J connectivity index is 2.09. The highest BCUT2D eigenvalue weighted by molar-refractivity contribution is 7.92. The summed E-state index contributed by atoms with van der Waals surface area (Å²) >= 11 is 12.5. The fourth-order valence-corrected chi connectivity index (χ4v) is 5.47. The molecule has 0 aliphatic heterocycles. The molecule has 0 saturated heterocycles. The lowest BCUT2D eigenvalue weighted by atomic mass is 10.0. The van der Waals surface area contributed by atoms with Gasteiger partial charge in [-0.25, -0.2) is 8.42 Å². The van der Waals surface area contributed by atoms with E-state index in [0.29, 0.717) is 0 Å². The summed E-state index contributed by atoms with van der Waals surface area (Å²) < 4.78 is 26.7. The molecule has 0 unspecified atom stereocenters. The molecular formula is C29H33Cl2N3O4S. The number of carbonyl (C=O) groups excluding carboxylic acids is 2. The number of nitrogens with zero attached hydrogens (tertiary/aromatic N) is 2. The number of anilines is 1. The van der Waals surface area contributed by atoms with E-state index in [2.05, 4.69) is 5.32 Å². The van der Waals surface area contributed by atoms with Crippen molar-refractivity contribution in [1.82, 2.24) is 10.2 Å². The van der Waals surface area contributed by atoms with E-state index in [0.717, 1.165) is 27.3 Å². The van der Waals surface area contributed by atoms with Crippen LogP contribution in [0, 0.1) is 6.92 Å². The Hall–Kier alpha value is -3.07. The van der Waals surface area contributed by atoms with Crippen molar-refractivity contribution in [2.75, 3.05) is 17.1 Å². The fourth-order valence-electron chi connectivity index (χ4n) is 4.18. The molecule has 0 fully saturated rings. The number of benzene rings is 3. The number of rotatable bonds is 11. The first kappa shape index (κ1) is 30.5. The van der Waals surface area contributed by atoms with E-state index in [9.17, 15) is 18.0 Å². The number of hydrogen-bond donors (Lipinski definition) is 1. The molecule has 3 rings (SSSR count). The van der Waals surface area contributed by atoms with Gasteiger partial charge in [0.25, 0.3) is 0 Å². The van der Waals surface area contributed by atoms with Crippen LogP contribution >= 0.6 is 23.2 Å². The summed E-state index contributed by atoms with van der Waals surface area (Å²) in [5.41, 5.74) is 2.73. The highest BCUT2D eigenvalue weighted by Gasteiger charge is 2.34. The Labute approximate surface area is 240 Å². The van der Waals surface area contributed by atoms with Crippen LogP contribution in [-0.2, 0) is 32.6 Å². The quantitative estimate of drug-likeness (QED) is 0.331. The summed E-state index contributed by atoms with van der Waals surface area (Å²) in [6.07, 6.45) is 1.24. The molecule has 0 radical (unpaired) electrons. The lowest BCUT2D eigenvalue weighted by molar-refractivity contribution is -0.140. The maximum Gasteiger partial charge on any atom is 0.244 e. The molecule has 3 aromatic rings. The van der Waals surface area contributed by atoms with Crippen molar-refractivity contribution in [2.24, 2.45) is 0 Å². The van der Waals surface area contributed by atoms with Gasteiger partial charge >= 0.3 is 0 Å². The van der Waals surface area contributed by atoms with Crippen molar-refractivity contribution in [2.45, 2.75) is 45.8 Å². The van der Waals surface area contributed by atoms with Crippen LogP contribution in [0.15, 0.2) is 72.8 Å². The Bertz CT molecular complexity index is 1420. The zero-order chi connectivity index (χ0) is 28.7. The molecular weight excluding hydrogens is 557 g/mol. The number of hydrogen-bond acceptors (Lipinski definition) is 4. The maximum absolute atomic E-state index is 14.1. The van der Waals surface area contributed by atoms with Crippen molar-refractivity contribution in [3.8, 4) is 0 Å². The SMILES string of the molecule is Cc1ccccc1CN(C(=O)CN(c1cc(Cl)ccc1Cl)S(C)(=O)=O)[C@H](Cc1ccccc1)C(=O)NC(C)C. The standard InChI is InChI=1S/C29H33Cl2N3O4S/c1-20(2)32-29(36)27(16-22-11-6-5-7-12-22)33(18-23-13-9-8-10-21(23)3)28(35)19-34(39(4,37)38)26-17-24(30)14-15-25(26)31/h5-15,17,20,27H,16,18-19H2,1-4H3,(H,32,36)/t27-/m1/s1. The second-order valence-corrected chi connectivity index (χ2v) is 12.4. The van der Waals surface area contributed by atoms with Gasteiger partial charge in [0.15, 0.2) is 0 Å². The third-order valence-electron chi connectivity index (χ3n) is 6.16. The van der Waals surface area contributed by atoms with Gasteiger partial charge in [0.05, 0.1) is 17.0 Å². The highest BCUT2D eigenvalue weighted by atomic mass is 35.5. The molecule has 1 N–H and O–H groups in total. The number of amides is 2. The summed E-state index contributed by atoms with van der Waals surface area (Å²) in [5, 5.41) is 3.32. The molecule has 208 valence electrons. The van der Waals surface area contributed by atoms with E-state index in [1.54, 1.807) is 0 Å². The van der Waals surface area contributed by atoms with Crippen LogP contribution in [-0.4, -0.2) is 50.0 Å². The van der Waals surface area contributed by atoms with Gasteiger partial charge in [0.2, 0.25) is 21.8 Å². The minimum absolute atomic E-state index is 0.0853. The average Bonchev–Trinajstić information content (AvgIpc) is 2.86. The van der Waals surface area contributed by atoms with E-state index in [1.165, 1.54) is 23.1 Å². The molecule has 3 aromatic carbocycles. The molecule has 1 atom stereocenters. The van der Waals surface area contributed by atoms with Gasteiger partial charge in [0.1, 0.15) is 12.6 Å². The molecule has 10 heteroatoms. The van der Waals surface area contributed by atoms with Gasteiger partial charge in [-0.1, -0.05) is 77.8 Å². The molecule has 0 saturated carbocycles. The first-order valence-electron chi connectivity index (χ1n) is 12.5. The van der Waals surface area contributed by atoms with Crippen LogP contribution in [0.25, 0.3) is 0 Å². The number of aryl methyl sites for hydroxylation is 1. The lowest BCUT2D eigenvalue weighted by Crippen LogP contribution is -2.54. The second-order valence-electron chi connectivity index (χ2n) is 9.68. The molecule has 39 heavy (non-hydrogen) atoms. The van der Waals surface area contributed by atoms with Gasteiger partial charge in [-0.2, -0.15) is 0 Å². The van der Waals surface area contributed by atoms with E-state index >= 15 is 0 Å². The van der Waals surface area contributed by atoms with Gasteiger partial charge < -0.3 is 10.2 Å². The molecule has 0 bridgehead atoms. The fraction of sp³-hybridized carbons (Fsp3) is 0.310. The van der Waals surface area contributed by atoms with Crippen molar-refractivity contribution >= 4 is 50.7 Å². The van der Waals surface area contributed by atoms with Crippen molar-refractivity contribution in [1.29, 1.82) is 0 Å². The topological polar surface area (TPSA) is 86.8 Å². The van der Waals surface area contributed by atoms with Gasteiger partial charge in [-0.3, -0.25) is 13.9 Å². The summed E-state index contributed by atoms with van der Waals surface area (Å²) in [7, 11) is -3.95. The molecule has 2 amide bonds. The predicted molar refractivity (Wildman–Crippen MR) is 158 cm³/mol. The number of carbonyl (C=O) groups is 2. The molecule has 0 aromatic heterocycles. The van der Waals surface area contributed by atoms with Crippen LogP contribution in [0.4, 0.5) is 5.69 Å². The van der Waals surface area contributed by atoms with Crippen molar-refractivity contribution in [3.05, 3.63) is 99.5 Å². The molecule has 0 aliphatic rings. The normalized spacial score (nSPS) is 12.2. The molecule has 0 aliphatic carbocycles. The van der Waals surface area contributed by atoms with Crippen molar-refractivity contribution in [3.63, 3.8) is 0 Å². The Morgan fingerprint density at radius 1 is 0.949 bits per heavy atom. The van der Waals surface area contributed by atoms with E-state index < -0.39 is 28.5 Å². The minimum Gasteiger partial charge on any atom is -0.352 e. The smallest absolute Gasteiger partial charge is 0.244 e. The predicted octanol–water partition coefficient (Wildman–Crippen LogP) is 5.23. The second kappa shape index (κ2) is 13.3. The molecule has 7 nitrogen and oxygen atoms in total. The maximum atomic E-state index is 14.1. The largest absolute Gasteiger partial charge is 0.352 e. The highest BCUT2D eigenvalue weighted by Crippen LogP contribution is 2.31. The van der Waals surface area contributed by atoms with Crippen LogP contribution in [0.1, 0.15) is 30.5 Å². The Kier molecular flexibility index (Phi) is 10.4. The third kappa shape index (κ3) is 8.46. The average molecular weight is 591 g/mol. The third-order valence-corrected chi connectivity index (χ3v) is 7.84. The van der Waals surface area contributed by atoms with Crippen LogP contribution < -0.4 is 9.62 Å². The summed E-state index contributed by atoms with van der Waals surface area (Å²) in [5.74, 6) is -0.887.